The lowest BCUT2D eigenvalue weighted by molar-refractivity contribution is -0.134. The minimum Gasteiger partial charge on any atom is -0.393 e. The highest BCUT2D eigenvalue weighted by Crippen LogP contribution is 1.82. The van der Waals surface area contributed by atoms with E-state index in [2.05, 4.69) is 0 Å². The predicted molar refractivity (Wildman–Crippen MR) is 57.2 cm³/mol. The first-order valence-corrected chi connectivity index (χ1v) is 5.07. The molecule has 0 radical (unpaired) electrons. The Kier molecular flexibility index (Phi) is 7.79. The Morgan fingerprint density at radius 3 is 1.44 bits per heavy atom. The van der Waals surface area contributed by atoms with Crippen molar-refractivity contribution in [3.63, 3.8) is 0 Å². The second-order valence-corrected chi connectivity index (χ2v) is 3.37. The van der Waals surface area contributed by atoms with Crippen LogP contribution in [-0.2, 0) is 14.4 Å². The Balaban J connectivity index is 3.86. The van der Waals surface area contributed by atoms with Crippen LogP contribution >= 0.6 is 0 Å². The molecule has 0 bridgehead atoms. The highest BCUT2D eigenvalue weighted by Gasteiger charge is 2.16. The second kappa shape index (κ2) is 8.53. The molecule has 0 unspecified atom stereocenters. The molecule has 0 fully saturated rings. The van der Waals surface area contributed by atoms with Crippen LogP contribution in [0.1, 0.15) is 0 Å². The van der Waals surface area contributed by atoms with Gasteiger partial charge in [0.05, 0.1) is 26.3 Å². The van der Waals surface area contributed by atoms with Crippen molar-refractivity contribution in [2.45, 2.75) is 12.2 Å². The van der Waals surface area contributed by atoms with E-state index in [0.717, 1.165) is 0 Å². The molecule has 0 heterocycles. The summed E-state index contributed by atoms with van der Waals surface area (Å²) < 4.78 is 0. The van der Waals surface area contributed by atoms with Crippen molar-refractivity contribution in [2.24, 2.45) is 0 Å². The number of aliphatic hydroxyl groups excluding tert-OH is 4. The SMILES string of the molecule is O=C(CNC(=O)[C@H](O)CO)CNC(=O)[C@H](O)CO. The molecule has 0 aromatic carbocycles. The summed E-state index contributed by atoms with van der Waals surface area (Å²) in [7, 11) is 0. The summed E-state index contributed by atoms with van der Waals surface area (Å²) >= 11 is 0. The fraction of sp³-hybridized carbons (Fsp3) is 0.667. The van der Waals surface area contributed by atoms with E-state index in [9.17, 15) is 14.4 Å². The van der Waals surface area contributed by atoms with Crippen molar-refractivity contribution < 1.29 is 34.8 Å². The third-order valence-electron chi connectivity index (χ3n) is 1.87. The minimum atomic E-state index is -1.61. The van der Waals surface area contributed by atoms with Gasteiger partial charge >= 0.3 is 0 Å². The quantitative estimate of drug-likeness (QED) is 0.258. The zero-order chi connectivity index (χ0) is 14.1. The van der Waals surface area contributed by atoms with Crippen molar-refractivity contribution in [2.75, 3.05) is 26.3 Å². The van der Waals surface area contributed by atoms with Crippen molar-refractivity contribution in [3.05, 3.63) is 0 Å². The Morgan fingerprint density at radius 1 is 0.833 bits per heavy atom. The molecule has 104 valence electrons. The van der Waals surface area contributed by atoms with Gasteiger partial charge in [-0.05, 0) is 0 Å². The van der Waals surface area contributed by atoms with E-state index in [-0.39, 0.29) is 0 Å². The summed E-state index contributed by atoms with van der Waals surface area (Å²) in [5.41, 5.74) is 0. The zero-order valence-corrected chi connectivity index (χ0v) is 9.50. The summed E-state index contributed by atoms with van der Waals surface area (Å²) in [5, 5.41) is 38.7. The molecule has 9 nitrogen and oxygen atoms in total. The number of hydrogen-bond donors (Lipinski definition) is 6. The Morgan fingerprint density at radius 2 is 1.17 bits per heavy atom. The van der Waals surface area contributed by atoms with Crippen LogP contribution in [0, 0.1) is 0 Å². The third kappa shape index (κ3) is 6.25. The van der Waals surface area contributed by atoms with Gasteiger partial charge in [-0.3, -0.25) is 14.4 Å². The summed E-state index contributed by atoms with van der Waals surface area (Å²) in [4.78, 5) is 33.0. The normalized spacial score (nSPS) is 13.6. The van der Waals surface area contributed by atoms with Crippen molar-refractivity contribution in [1.82, 2.24) is 10.6 Å². The van der Waals surface area contributed by atoms with Gasteiger partial charge in [0.15, 0.2) is 18.0 Å². The molecule has 0 aliphatic rings. The monoisotopic (exact) mass is 264 g/mol. The van der Waals surface area contributed by atoms with Crippen LogP contribution in [0.5, 0.6) is 0 Å². The summed E-state index contributed by atoms with van der Waals surface area (Å²) in [6.45, 7) is -2.41. The number of nitrogens with one attached hydrogen (secondary N) is 2. The van der Waals surface area contributed by atoms with Crippen molar-refractivity contribution in [3.8, 4) is 0 Å². The molecule has 0 aromatic heterocycles. The number of carbonyl (C=O) groups excluding carboxylic acids is 3. The molecule has 6 N–H and O–H groups in total. The van der Waals surface area contributed by atoms with E-state index < -0.39 is 56.1 Å². The van der Waals surface area contributed by atoms with Gasteiger partial charge in [0, 0.05) is 0 Å². The van der Waals surface area contributed by atoms with Gasteiger partial charge in [-0.25, -0.2) is 0 Å². The largest absolute Gasteiger partial charge is 0.393 e. The standard InChI is InChI=1S/C9H16N2O7/c12-3-6(15)8(17)10-1-5(14)2-11-9(18)7(16)4-13/h6-7,12-13,15-16H,1-4H2,(H,10,17)(H,11,18)/t6-,7-/m1/s1. The van der Waals surface area contributed by atoms with Gasteiger partial charge in [-0.2, -0.15) is 0 Å². The maximum atomic E-state index is 11.2. The van der Waals surface area contributed by atoms with Gasteiger partial charge in [-0.1, -0.05) is 0 Å². The predicted octanol–water partition coefficient (Wildman–Crippen LogP) is -4.51. The van der Waals surface area contributed by atoms with Gasteiger partial charge in [0.1, 0.15) is 0 Å². The number of Topliss-reactive ketones (excluding diaryl/α,β-unsaturated/α-hetero) is 1. The van der Waals surface area contributed by atoms with Crippen molar-refractivity contribution >= 4 is 17.6 Å². The third-order valence-corrected chi connectivity index (χ3v) is 1.87. The molecule has 0 saturated heterocycles. The lowest BCUT2D eigenvalue weighted by atomic mass is 10.3. The van der Waals surface area contributed by atoms with Crippen LogP contribution < -0.4 is 10.6 Å². The van der Waals surface area contributed by atoms with E-state index in [1.165, 1.54) is 0 Å². The van der Waals surface area contributed by atoms with Crippen molar-refractivity contribution in [1.29, 1.82) is 0 Å². The number of ketones is 1. The molecule has 2 atom stereocenters. The van der Waals surface area contributed by atoms with E-state index >= 15 is 0 Å². The van der Waals surface area contributed by atoms with E-state index in [1.807, 2.05) is 10.6 Å². The lowest BCUT2D eigenvalue weighted by Crippen LogP contribution is -2.44. The molecular formula is C9H16N2O7. The molecule has 9 heteroatoms. The summed E-state index contributed by atoms with van der Waals surface area (Å²) in [6, 6.07) is 0. The van der Waals surface area contributed by atoms with Crippen LogP contribution in [-0.4, -0.2) is 76.5 Å². The molecule has 0 aliphatic carbocycles. The smallest absolute Gasteiger partial charge is 0.251 e. The number of rotatable bonds is 8. The number of aliphatic hydroxyl groups is 4. The van der Waals surface area contributed by atoms with Crippen LogP contribution in [0.4, 0.5) is 0 Å². The molecule has 0 aromatic rings. The highest BCUT2D eigenvalue weighted by molar-refractivity contribution is 5.91. The Labute approximate surface area is 102 Å². The molecule has 0 saturated carbocycles. The second-order valence-electron chi connectivity index (χ2n) is 3.37. The van der Waals surface area contributed by atoms with Crippen LogP contribution in [0.2, 0.25) is 0 Å². The van der Waals surface area contributed by atoms with E-state index in [0.29, 0.717) is 0 Å². The maximum Gasteiger partial charge on any atom is 0.251 e. The first-order valence-electron chi connectivity index (χ1n) is 5.07. The number of amides is 2. The van der Waals surface area contributed by atoms with Crippen LogP contribution in [0.3, 0.4) is 0 Å². The summed E-state index contributed by atoms with van der Waals surface area (Å²) in [6.07, 6.45) is -3.22. The van der Waals surface area contributed by atoms with Gasteiger partial charge in [0.2, 0.25) is 0 Å². The van der Waals surface area contributed by atoms with Gasteiger partial charge < -0.3 is 31.1 Å². The van der Waals surface area contributed by atoms with Crippen LogP contribution in [0.15, 0.2) is 0 Å². The molecule has 18 heavy (non-hydrogen) atoms. The molecule has 0 rings (SSSR count). The topological polar surface area (TPSA) is 156 Å². The zero-order valence-electron chi connectivity index (χ0n) is 9.50. The van der Waals surface area contributed by atoms with Crippen LogP contribution in [0.25, 0.3) is 0 Å². The lowest BCUT2D eigenvalue weighted by Gasteiger charge is -2.10. The average Bonchev–Trinajstić information content (AvgIpc) is 2.39. The maximum absolute atomic E-state index is 11.2. The van der Waals surface area contributed by atoms with E-state index in [4.69, 9.17) is 20.4 Å². The highest BCUT2D eigenvalue weighted by atomic mass is 16.3. The first-order chi connectivity index (χ1) is 8.42. The molecule has 0 aliphatic heterocycles. The Bertz CT molecular complexity index is 279. The minimum absolute atomic E-state index is 0.439. The number of carbonyl (C=O) groups is 3. The van der Waals surface area contributed by atoms with Gasteiger partial charge in [0.25, 0.3) is 11.8 Å². The number of hydrogen-bond acceptors (Lipinski definition) is 7. The van der Waals surface area contributed by atoms with Gasteiger partial charge in [-0.15, -0.1) is 0 Å². The summed E-state index contributed by atoms with van der Waals surface area (Å²) in [5.74, 6) is -2.40. The average molecular weight is 264 g/mol. The molecular weight excluding hydrogens is 248 g/mol. The van der Waals surface area contributed by atoms with E-state index in [1.54, 1.807) is 0 Å². The molecule has 0 spiro atoms. The molecule has 2 amide bonds. The first kappa shape index (κ1) is 16.4. The fourth-order valence-electron chi connectivity index (χ4n) is 0.835. The fourth-order valence-corrected chi connectivity index (χ4v) is 0.835. The Hall–Kier alpha value is -1.55.